The van der Waals surface area contributed by atoms with Crippen molar-refractivity contribution < 1.29 is 9.53 Å². The van der Waals surface area contributed by atoms with Crippen molar-refractivity contribution in [2.24, 2.45) is 0 Å². The lowest BCUT2D eigenvalue weighted by molar-refractivity contribution is 0.0740. The van der Waals surface area contributed by atoms with Crippen LogP contribution in [0.25, 0.3) is 0 Å². The molecule has 0 radical (unpaired) electrons. The number of carbonyl (C=O) groups is 1. The van der Waals surface area contributed by atoms with Crippen LogP contribution in [0.2, 0.25) is 0 Å². The van der Waals surface area contributed by atoms with Crippen molar-refractivity contribution in [2.75, 3.05) is 70.7 Å². The number of hydrogen-bond donors (Lipinski definition) is 1. The second-order valence-electron chi connectivity index (χ2n) is 7.35. The minimum atomic E-state index is -0.0434. The Labute approximate surface area is 172 Å². The zero-order valence-electron chi connectivity index (χ0n) is 17.5. The fourth-order valence-corrected chi connectivity index (χ4v) is 3.31. The van der Waals surface area contributed by atoms with E-state index in [1.54, 1.807) is 13.2 Å². The minimum absolute atomic E-state index is 0.0434. The predicted octanol–water partition coefficient (Wildman–Crippen LogP) is 1.81. The Morgan fingerprint density at radius 2 is 1.86 bits per heavy atom. The van der Waals surface area contributed by atoms with E-state index in [4.69, 9.17) is 4.74 Å². The number of benzene rings is 1. The Balaban J connectivity index is 1.52. The second-order valence-corrected chi connectivity index (χ2v) is 7.35. The number of piperazine rings is 1. The molecule has 1 amide bonds. The average molecular weight is 399 g/mol. The third-order valence-electron chi connectivity index (χ3n) is 4.98. The van der Waals surface area contributed by atoms with Gasteiger partial charge in [-0.3, -0.25) is 4.79 Å². The van der Waals surface area contributed by atoms with Gasteiger partial charge < -0.3 is 24.8 Å². The molecular formula is C21H30N6O2. The summed E-state index contributed by atoms with van der Waals surface area (Å²) >= 11 is 0. The van der Waals surface area contributed by atoms with E-state index in [0.717, 1.165) is 44.0 Å². The predicted molar refractivity (Wildman–Crippen MR) is 115 cm³/mol. The van der Waals surface area contributed by atoms with E-state index in [1.165, 1.54) is 6.33 Å². The lowest BCUT2D eigenvalue weighted by Crippen LogP contribution is -2.49. The van der Waals surface area contributed by atoms with Crippen LogP contribution in [0.3, 0.4) is 0 Å². The lowest BCUT2D eigenvalue weighted by atomic mass is 10.2. The van der Waals surface area contributed by atoms with Crippen LogP contribution in [0.5, 0.6) is 5.75 Å². The first-order valence-electron chi connectivity index (χ1n) is 9.96. The first-order chi connectivity index (χ1) is 14.1. The minimum Gasteiger partial charge on any atom is -0.497 e. The van der Waals surface area contributed by atoms with Crippen LogP contribution in [0.15, 0.2) is 36.7 Å². The number of ether oxygens (including phenoxy) is 1. The molecule has 0 spiro atoms. The molecule has 1 aromatic carbocycles. The number of rotatable bonds is 8. The molecule has 156 valence electrons. The molecular weight excluding hydrogens is 368 g/mol. The summed E-state index contributed by atoms with van der Waals surface area (Å²) in [6, 6.07) is 9.76. The first-order valence-corrected chi connectivity index (χ1v) is 9.96. The van der Waals surface area contributed by atoms with Gasteiger partial charge in [-0.05, 0) is 51.3 Å². The monoisotopic (exact) mass is 398 g/mol. The van der Waals surface area contributed by atoms with Gasteiger partial charge in [0.15, 0.2) is 0 Å². The Kier molecular flexibility index (Phi) is 7.24. The van der Waals surface area contributed by atoms with E-state index < -0.39 is 0 Å². The molecule has 8 heteroatoms. The molecule has 0 saturated carbocycles. The zero-order chi connectivity index (χ0) is 20.6. The fourth-order valence-electron chi connectivity index (χ4n) is 3.31. The average Bonchev–Trinajstić information content (AvgIpc) is 2.76. The lowest BCUT2D eigenvalue weighted by Gasteiger charge is -2.36. The summed E-state index contributed by atoms with van der Waals surface area (Å²) in [5, 5.41) is 3.27. The molecule has 0 bridgehead atoms. The highest BCUT2D eigenvalue weighted by atomic mass is 16.5. The highest BCUT2D eigenvalue weighted by molar-refractivity contribution is 5.93. The normalized spacial score (nSPS) is 14.2. The van der Waals surface area contributed by atoms with Gasteiger partial charge in [0.05, 0.1) is 7.11 Å². The van der Waals surface area contributed by atoms with Gasteiger partial charge >= 0.3 is 0 Å². The van der Waals surface area contributed by atoms with Gasteiger partial charge in [-0.15, -0.1) is 0 Å². The summed E-state index contributed by atoms with van der Waals surface area (Å²) in [4.78, 5) is 27.6. The first kappa shape index (κ1) is 20.9. The van der Waals surface area contributed by atoms with Gasteiger partial charge in [-0.2, -0.15) is 0 Å². The molecule has 1 aliphatic rings. The molecule has 2 aromatic rings. The Morgan fingerprint density at radius 3 is 2.52 bits per heavy atom. The SMILES string of the molecule is COc1ccc(N2CCN(C(=O)c3cc(NCCCN(C)C)ncn3)CC2)cc1. The van der Waals surface area contributed by atoms with E-state index >= 15 is 0 Å². The molecule has 1 saturated heterocycles. The maximum absolute atomic E-state index is 12.9. The third-order valence-corrected chi connectivity index (χ3v) is 4.98. The number of amides is 1. The van der Waals surface area contributed by atoms with Gasteiger partial charge in [0, 0.05) is 44.5 Å². The van der Waals surface area contributed by atoms with Crippen LogP contribution in [0.4, 0.5) is 11.5 Å². The van der Waals surface area contributed by atoms with Crippen molar-refractivity contribution >= 4 is 17.4 Å². The largest absolute Gasteiger partial charge is 0.497 e. The van der Waals surface area contributed by atoms with Gasteiger partial charge in [0.1, 0.15) is 23.6 Å². The molecule has 1 aliphatic heterocycles. The molecule has 1 fully saturated rings. The summed E-state index contributed by atoms with van der Waals surface area (Å²) in [5.41, 5.74) is 1.58. The smallest absolute Gasteiger partial charge is 0.272 e. The van der Waals surface area contributed by atoms with Crippen LogP contribution < -0.4 is 15.0 Å². The standard InChI is InChI=1S/C21H30N6O2/c1-25(2)10-4-9-22-20-15-19(23-16-24-20)21(28)27-13-11-26(12-14-27)17-5-7-18(29-3)8-6-17/h5-8,15-16H,4,9-14H2,1-3H3,(H,22,23,24). The van der Waals surface area contributed by atoms with Gasteiger partial charge in [-0.1, -0.05) is 0 Å². The van der Waals surface area contributed by atoms with Crippen LogP contribution in [0, 0.1) is 0 Å². The molecule has 2 heterocycles. The van der Waals surface area contributed by atoms with Crippen molar-refractivity contribution in [3.05, 3.63) is 42.4 Å². The molecule has 0 unspecified atom stereocenters. The number of anilines is 2. The molecule has 0 aliphatic carbocycles. The van der Waals surface area contributed by atoms with Gasteiger partial charge in [-0.25, -0.2) is 9.97 Å². The summed E-state index contributed by atoms with van der Waals surface area (Å²) < 4.78 is 5.21. The van der Waals surface area contributed by atoms with E-state index in [0.29, 0.717) is 24.6 Å². The Bertz CT molecular complexity index is 788. The van der Waals surface area contributed by atoms with Gasteiger partial charge in [0.25, 0.3) is 5.91 Å². The molecule has 0 atom stereocenters. The number of hydrogen-bond acceptors (Lipinski definition) is 7. The van der Waals surface area contributed by atoms with Crippen molar-refractivity contribution in [2.45, 2.75) is 6.42 Å². The highest BCUT2D eigenvalue weighted by Gasteiger charge is 2.23. The molecule has 29 heavy (non-hydrogen) atoms. The number of nitrogens with zero attached hydrogens (tertiary/aromatic N) is 5. The van der Waals surface area contributed by atoms with Gasteiger partial charge in [0.2, 0.25) is 0 Å². The Morgan fingerprint density at radius 1 is 1.14 bits per heavy atom. The molecule has 8 nitrogen and oxygen atoms in total. The number of methoxy groups -OCH3 is 1. The summed E-state index contributed by atoms with van der Waals surface area (Å²) in [6.45, 7) is 4.73. The topological polar surface area (TPSA) is 73.8 Å². The summed E-state index contributed by atoms with van der Waals surface area (Å²) in [6.07, 6.45) is 2.46. The van der Waals surface area contributed by atoms with Crippen molar-refractivity contribution in [3.63, 3.8) is 0 Å². The Hall–Kier alpha value is -2.87. The zero-order valence-corrected chi connectivity index (χ0v) is 17.5. The number of carbonyl (C=O) groups excluding carboxylic acids is 1. The van der Waals surface area contributed by atoms with Crippen molar-refractivity contribution in [1.29, 1.82) is 0 Å². The highest BCUT2D eigenvalue weighted by Crippen LogP contribution is 2.21. The number of aromatic nitrogens is 2. The van der Waals surface area contributed by atoms with E-state index in [9.17, 15) is 4.79 Å². The van der Waals surface area contributed by atoms with Crippen LogP contribution in [-0.2, 0) is 0 Å². The van der Waals surface area contributed by atoms with Crippen molar-refractivity contribution in [3.8, 4) is 5.75 Å². The summed E-state index contributed by atoms with van der Waals surface area (Å²) in [5.74, 6) is 1.49. The quantitative estimate of drug-likeness (QED) is 0.680. The second kappa shape index (κ2) is 10.1. The summed E-state index contributed by atoms with van der Waals surface area (Å²) in [7, 11) is 5.77. The maximum atomic E-state index is 12.9. The van der Waals surface area contributed by atoms with E-state index in [1.807, 2.05) is 17.0 Å². The van der Waals surface area contributed by atoms with Crippen molar-refractivity contribution in [1.82, 2.24) is 19.8 Å². The van der Waals surface area contributed by atoms with E-state index in [-0.39, 0.29) is 5.91 Å². The molecule has 1 aromatic heterocycles. The van der Waals surface area contributed by atoms with Crippen LogP contribution >= 0.6 is 0 Å². The fraction of sp³-hybridized carbons (Fsp3) is 0.476. The van der Waals surface area contributed by atoms with Crippen LogP contribution in [-0.4, -0.2) is 86.1 Å². The van der Waals surface area contributed by atoms with Crippen LogP contribution in [0.1, 0.15) is 16.9 Å². The number of nitrogens with one attached hydrogen (secondary N) is 1. The molecule has 3 rings (SSSR count). The maximum Gasteiger partial charge on any atom is 0.272 e. The molecule has 1 N–H and O–H groups in total. The van der Waals surface area contributed by atoms with E-state index in [2.05, 4.69) is 51.3 Å². The third kappa shape index (κ3) is 5.80.